The van der Waals surface area contributed by atoms with Crippen LogP contribution in [0.2, 0.25) is 0 Å². The lowest BCUT2D eigenvalue weighted by Crippen LogP contribution is -2.28. The molecule has 106 valence electrons. The van der Waals surface area contributed by atoms with Gasteiger partial charge in [-0.05, 0) is 48.9 Å². The van der Waals surface area contributed by atoms with Crippen LogP contribution < -0.4 is 0 Å². The van der Waals surface area contributed by atoms with Crippen molar-refractivity contribution in [3.63, 3.8) is 0 Å². The van der Waals surface area contributed by atoms with Gasteiger partial charge in [-0.3, -0.25) is 0 Å². The van der Waals surface area contributed by atoms with Crippen molar-refractivity contribution in [2.75, 3.05) is 27.3 Å². The number of methoxy groups -OCH3 is 1. The van der Waals surface area contributed by atoms with E-state index in [9.17, 15) is 8.42 Å². The van der Waals surface area contributed by atoms with Crippen LogP contribution in [-0.2, 0) is 27.6 Å². The second kappa shape index (κ2) is 6.03. The van der Waals surface area contributed by atoms with Crippen molar-refractivity contribution in [1.82, 2.24) is 4.31 Å². The standard InChI is InChI=1S/C14H21NO3S/c1-15(9-4-10-18-2)19(16,17)14-8-7-12-5-3-6-13(12)11-14/h7-8,11H,3-6,9-10H2,1-2H3. The third kappa shape index (κ3) is 3.16. The molecule has 0 aromatic heterocycles. The minimum atomic E-state index is -3.36. The van der Waals surface area contributed by atoms with E-state index in [1.165, 1.54) is 15.4 Å². The predicted octanol–water partition coefficient (Wildman–Crippen LogP) is 1.83. The highest BCUT2D eigenvalue weighted by Crippen LogP contribution is 2.25. The quantitative estimate of drug-likeness (QED) is 0.748. The van der Waals surface area contributed by atoms with Gasteiger partial charge in [-0.15, -0.1) is 0 Å². The lowest BCUT2D eigenvalue weighted by molar-refractivity contribution is 0.189. The van der Waals surface area contributed by atoms with Gasteiger partial charge in [0.1, 0.15) is 0 Å². The summed E-state index contributed by atoms with van der Waals surface area (Å²) in [5.41, 5.74) is 2.48. The highest BCUT2D eigenvalue weighted by Gasteiger charge is 2.22. The van der Waals surface area contributed by atoms with E-state index in [0.29, 0.717) is 24.5 Å². The number of fused-ring (bicyclic) bond motifs is 1. The first-order valence-corrected chi connectivity index (χ1v) is 8.07. The summed E-state index contributed by atoms with van der Waals surface area (Å²) < 4.78 is 31.2. The van der Waals surface area contributed by atoms with Crippen molar-refractivity contribution < 1.29 is 13.2 Å². The van der Waals surface area contributed by atoms with Crippen molar-refractivity contribution in [3.05, 3.63) is 29.3 Å². The molecule has 0 heterocycles. The summed E-state index contributed by atoms with van der Waals surface area (Å²) in [5, 5.41) is 0. The van der Waals surface area contributed by atoms with Gasteiger partial charge in [0.2, 0.25) is 10.0 Å². The first-order valence-electron chi connectivity index (χ1n) is 6.63. The van der Waals surface area contributed by atoms with E-state index in [1.807, 2.05) is 12.1 Å². The summed E-state index contributed by atoms with van der Waals surface area (Å²) >= 11 is 0. The van der Waals surface area contributed by atoms with E-state index in [-0.39, 0.29) is 0 Å². The lowest BCUT2D eigenvalue weighted by Gasteiger charge is -2.17. The second-order valence-corrected chi connectivity index (χ2v) is 7.00. The van der Waals surface area contributed by atoms with E-state index in [2.05, 4.69) is 0 Å². The van der Waals surface area contributed by atoms with Crippen molar-refractivity contribution in [3.8, 4) is 0 Å². The van der Waals surface area contributed by atoms with Gasteiger partial charge in [0.25, 0.3) is 0 Å². The normalized spacial score (nSPS) is 14.9. The summed E-state index contributed by atoms with van der Waals surface area (Å²) in [6.07, 6.45) is 3.89. The Morgan fingerprint density at radius 2 is 2.00 bits per heavy atom. The average molecular weight is 283 g/mol. The fourth-order valence-corrected chi connectivity index (χ4v) is 3.70. The Hall–Kier alpha value is -0.910. The molecule has 4 nitrogen and oxygen atoms in total. The average Bonchev–Trinajstić information content (AvgIpc) is 2.85. The fraction of sp³-hybridized carbons (Fsp3) is 0.571. The van der Waals surface area contributed by atoms with Crippen LogP contribution in [0.25, 0.3) is 0 Å². The Labute approximate surface area is 115 Å². The largest absolute Gasteiger partial charge is 0.385 e. The molecule has 0 spiro atoms. The molecule has 0 atom stereocenters. The van der Waals surface area contributed by atoms with Crippen molar-refractivity contribution >= 4 is 10.0 Å². The van der Waals surface area contributed by atoms with E-state index < -0.39 is 10.0 Å². The summed E-state index contributed by atoms with van der Waals surface area (Å²) in [4.78, 5) is 0.410. The molecule has 2 rings (SSSR count). The molecular formula is C14H21NO3S. The highest BCUT2D eigenvalue weighted by atomic mass is 32.2. The number of rotatable bonds is 6. The summed E-state index contributed by atoms with van der Waals surface area (Å²) in [6, 6.07) is 5.52. The molecule has 0 saturated heterocycles. The van der Waals surface area contributed by atoms with E-state index in [4.69, 9.17) is 4.74 Å². The molecule has 0 aliphatic heterocycles. The van der Waals surface area contributed by atoms with E-state index >= 15 is 0 Å². The van der Waals surface area contributed by atoms with Crippen LogP contribution in [-0.4, -0.2) is 40.0 Å². The highest BCUT2D eigenvalue weighted by molar-refractivity contribution is 7.89. The van der Waals surface area contributed by atoms with Crippen molar-refractivity contribution in [2.45, 2.75) is 30.6 Å². The Morgan fingerprint density at radius 3 is 2.74 bits per heavy atom. The van der Waals surface area contributed by atoms with Crippen LogP contribution in [0.3, 0.4) is 0 Å². The van der Waals surface area contributed by atoms with Crippen molar-refractivity contribution in [1.29, 1.82) is 0 Å². The van der Waals surface area contributed by atoms with Gasteiger partial charge in [0.15, 0.2) is 0 Å². The van der Waals surface area contributed by atoms with Crippen molar-refractivity contribution in [2.24, 2.45) is 0 Å². The van der Waals surface area contributed by atoms with Crippen LogP contribution >= 0.6 is 0 Å². The number of hydrogen-bond donors (Lipinski definition) is 0. The molecule has 0 unspecified atom stereocenters. The SMILES string of the molecule is COCCCN(C)S(=O)(=O)c1ccc2c(c1)CCC2. The molecule has 0 N–H and O–H groups in total. The summed E-state index contributed by atoms with van der Waals surface area (Å²) in [7, 11) is -0.120. The lowest BCUT2D eigenvalue weighted by atomic mass is 10.1. The molecule has 1 aromatic rings. The molecule has 0 amide bonds. The summed E-state index contributed by atoms with van der Waals surface area (Å²) in [5.74, 6) is 0. The number of sulfonamides is 1. The van der Waals surface area contributed by atoms with Gasteiger partial charge in [0.05, 0.1) is 4.90 Å². The number of benzene rings is 1. The van der Waals surface area contributed by atoms with Crippen LogP contribution in [0, 0.1) is 0 Å². The Kier molecular flexibility index (Phi) is 4.60. The first kappa shape index (κ1) is 14.5. The summed E-state index contributed by atoms with van der Waals surface area (Å²) in [6.45, 7) is 1.05. The molecule has 0 radical (unpaired) electrons. The third-order valence-corrected chi connectivity index (χ3v) is 5.45. The van der Waals surface area contributed by atoms with Crippen LogP contribution in [0.4, 0.5) is 0 Å². The van der Waals surface area contributed by atoms with Gasteiger partial charge >= 0.3 is 0 Å². The van der Waals surface area contributed by atoms with Gasteiger partial charge in [-0.1, -0.05) is 6.07 Å². The molecule has 5 heteroatoms. The molecule has 0 fully saturated rings. The predicted molar refractivity (Wildman–Crippen MR) is 74.8 cm³/mol. The minimum absolute atomic E-state index is 0.410. The fourth-order valence-electron chi connectivity index (χ4n) is 2.44. The third-order valence-electron chi connectivity index (χ3n) is 3.60. The van der Waals surface area contributed by atoms with Crippen LogP contribution in [0.15, 0.2) is 23.1 Å². The van der Waals surface area contributed by atoms with E-state index in [0.717, 1.165) is 19.3 Å². The maximum absolute atomic E-state index is 12.4. The van der Waals surface area contributed by atoms with Gasteiger partial charge in [0, 0.05) is 27.3 Å². The monoisotopic (exact) mass is 283 g/mol. The number of aryl methyl sites for hydroxylation is 2. The maximum Gasteiger partial charge on any atom is 0.242 e. The smallest absolute Gasteiger partial charge is 0.242 e. The molecule has 1 aromatic carbocycles. The first-order chi connectivity index (χ1) is 9.05. The number of ether oxygens (including phenoxy) is 1. The molecule has 0 saturated carbocycles. The molecular weight excluding hydrogens is 262 g/mol. The van der Waals surface area contributed by atoms with Crippen LogP contribution in [0.5, 0.6) is 0 Å². The second-order valence-electron chi connectivity index (χ2n) is 4.96. The van der Waals surface area contributed by atoms with Gasteiger partial charge < -0.3 is 4.74 Å². The number of nitrogens with zero attached hydrogens (tertiary/aromatic N) is 1. The van der Waals surface area contributed by atoms with E-state index in [1.54, 1.807) is 20.2 Å². The Bertz CT molecular complexity index is 540. The number of hydrogen-bond acceptors (Lipinski definition) is 3. The molecule has 19 heavy (non-hydrogen) atoms. The topological polar surface area (TPSA) is 46.6 Å². The Morgan fingerprint density at radius 1 is 1.26 bits per heavy atom. The van der Waals surface area contributed by atoms with Crippen LogP contribution in [0.1, 0.15) is 24.0 Å². The zero-order chi connectivity index (χ0) is 13.9. The molecule has 1 aliphatic carbocycles. The maximum atomic E-state index is 12.4. The zero-order valence-electron chi connectivity index (χ0n) is 11.6. The Balaban J connectivity index is 2.15. The molecule has 1 aliphatic rings. The van der Waals surface area contributed by atoms with Gasteiger partial charge in [-0.25, -0.2) is 12.7 Å². The molecule has 0 bridgehead atoms. The van der Waals surface area contributed by atoms with Gasteiger partial charge in [-0.2, -0.15) is 0 Å². The minimum Gasteiger partial charge on any atom is -0.385 e. The zero-order valence-corrected chi connectivity index (χ0v) is 12.4.